The van der Waals surface area contributed by atoms with E-state index in [1.807, 2.05) is 0 Å². The standard InChI is InChI=1S/C15H11Cl2NO3/c1-7-13-12(21-15(7)20)6-11(18(13)2)14(19)9-4-3-8(16)5-10(9)17/h3-7H,1-2H3. The Morgan fingerprint density at radius 1 is 1.29 bits per heavy atom. The van der Waals surface area contributed by atoms with E-state index >= 15 is 0 Å². The van der Waals surface area contributed by atoms with Gasteiger partial charge in [0.15, 0.2) is 5.75 Å². The van der Waals surface area contributed by atoms with E-state index in [-0.39, 0.29) is 17.7 Å². The van der Waals surface area contributed by atoms with E-state index in [4.69, 9.17) is 27.9 Å². The van der Waals surface area contributed by atoms with E-state index < -0.39 is 0 Å². The van der Waals surface area contributed by atoms with Crippen molar-refractivity contribution < 1.29 is 14.3 Å². The monoisotopic (exact) mass is 323 g/mol. The quantitative estimate of drug-likeness (QED) is 0.627. The number of aromatic nitrogens is 1. The largest absolute Gasteiger partial charge is 0.424 e. The number of hydrogen-bond acceptors (Lipinski definition) is 3. The third-order valence-corrected chi connectivity index (χ3v) is 4.17. The summed E-state index contributed by atoms with van der Waals surface area (Å²) in [5.41, 5.74) is 1.48. The molecule has 1 atom stereocenters. The molecule has 3 rings (SSSR count). The summed E-state index contributed by atoms with van der Waals surface area (Å²) < 4.78 is 6.83. The molecule has 1 aromatic heterocycles. The van der Waals surface area contributed by atoms with Gasteiger partial charge < -0.3 is 9.30 Å². The van der Waals surface area contributed by atoms with Gasteiger partial charge in [0.2, 0.25) is 5.78 Å². The Morgan fingerprint density at radius 2 is 2.00 bits per heavy atom. The maximum atomic E-state index is 12.6. The molecule has 21 heavy (non-hydrogen) atoms. The van der Waals surface area contributed by atoms with Gasteiger partial charge in [-0.05, 0) is 25.1 Å². The lowest BCUT2D eigenvalue weighted by molar-refractivity contribution is -0.133. The molecule has 2 aromatic rings. The number of hydrogen-bond donors (Lipinski definition) is 0. The molecule has 1 aromatic carbocycles. The molecule has 4 nitrogen and oxygen atoms in total. The molecule has 0 N–H and O–H groups in total. The number of ether oxygens (including phenoxy) is 1. The van der Waals surface area contributed by atoms with Crippen LogP contribution < -0.4 is 4.74 Å². The molecule has 0 radical (unpaired) electrons. The molecule has 2 heterocycles. The number of rotatable bonds is 2. The fraction of sp³-hybridized carbons (Fsp3) is 0.200. The van der Waals surface area contributed by atoms with Crippen LogP contribution in [0.1, 0.15) is 34.6 Å². The van der Waals surface area contributed by atoms with Gasteiger partial charge >= 0.3 is 5.97 Å². The van der Waals surface area contributed by atoms with Crippen molar-refractivity contribution in [1.82, 2.24) is 4.57 Å². The van der Waals surface area contributed by atoms with E-state index in [0.29, 0.717) is 32.7 Å². The molecular weight excluding hydrogens is 313 g/mol. The molecule has 108 valence electrons. The summed E-state index contributed by atoms with van der Waals surface area (Å²) in [7, 11) is 1.73. The van der Waals surface area contributed by atoms with E-state index in [9.17, 15) is 9.59 Å². The number of nitrogens with zero attached hydrogens (tertiary/aromatic N) is 1. The van der Waals surface area contributed by atoms with Crippen LogP contribution in [-0.4, -0.2) is 16.3 Å². The number of ketones is 1. The number of fused-ring (bicyclic) bond motifs is 1. The summed E-state index contributed by atoms with van der Waals surface area (Å²) in [5.74, 6) is -0.494. The van der Waals surface area contributed by atoms with E-state index in [2.05, 4.69) is 0 Å². The molecule has 0 bridgehead atoms. The molecule has 1 aliphatic heterocycles. The van der Waals surface area contributed by atoms with Gasteiger partial charge in [-0.2, -0.15) is 0 Å². The van der Waals surface area contributed by atoms with Crippen LogP contribution in [0.25, 0.3) is 0 Å². The van der Waals surface area contributed by atoms with Gasteiger partial charge in [-0.1, -0.05) is 23.2 Å². The topological polar surface area (TPSA) is 48.3 Å². The summed E-state index contributed by atoms with van der Waals surface area (Å²) in [4.78, 5) is 24.1. The maximum absolute atomic E-state index is 12.6. The molecule has 1 aliphatic rings. The minimum atomic E-state index is -0.382. The molecule has 0 saturated carbocycles. The highest BCUT2D eigenvalue weighted by Crippen LogP contribution is 2.37. The molecule has 0 aliphatic carbocycles. The second-order valence-corrected chi connectivity index (χ2v) is 5.78. The summed E-state index contributed by atoms with van der Waals surface area (Å²) in [6, 6.07) is 6.29. The van der Waals surface area contributed by atoms with Crippen LogP contribution in [0.15, 0.2) is 24.3 Å². The number of esters is 1. The van der Waals surface area contributed by atoms with Gasteiger partial charge in [0.1, 0.15) is 0 Å². The molecule has 0 fully saturated rings. The zero-order valence-electron chi connectivity index (χ0n) is 11.3. The Balaban J connectivity index is 2.06. The van der Waals surface area contributed by atoms with Crippen LogP contribution >= 0.6 is 23.2 Å². The highest BCUT2D eigenvalue weighted by molar-refractivity contribution is 6.37. The lowest BCUT2D eigenvalue weighted by atomic mass is 10.1. The van der Waals surface area contributed by atoms with Gasteiger partial charge in [0, 0.05) is 23.7 Å². The van der Waals surface area contributed by atoms with Gasteiger partial charge in [0.05, 0.1) is 22.3 Å². The Bertz CT molecular complexity index is 779. The van der Waals surface area contributed by atoms with E-state index in [0.717, 1.165) is 0 Å². The minimum absolute atomic E-state index is 0.239. The molecule has 0 amide bonds. The van der Waals surface area contributed by atoms with Crippen molar-refractivity contribution in [3.63, 3.8) is 0 Å². The van der Waals surface area contributed by atoms with Gasteiger partial charge in [-0.3, -0.25) is 9.59 Å². The first-order valence-electron chi connectivity index (χ1n) is 6.31. The second kappa shape index (κ2) is 4.90. The maximum Gasteiger partial charge on any atom is 0.320 e. The van der Waals surface area contributed by atoms with Gasteiger partial charge in [0.25, 0.3) is 0 Å². The fourth-order valence-corrected chi connectivity index (χ4v) is 3.01. The Kier molecular flexibility index (Phi) is 3.30. The average molecular weight is 324 g/mol. The second-order valence-electron chi connectivity index (χ2n) is 4.93. The lowest BCUT2D eigenvalue weighted by Gasteiger charge is -2.08. The van der Waals surface area contributed by atoms with Crippen molar-refractivity contribution in [2.45, 2.75) is 12.8 Å². The van der Waals surface area contributed by atoms with Crippen molar-refractivity contribution in [3.05, 3.63) is 51.3 Å². The number of carbonyl (C=O) groups is 2. The van der Waals surface area contributed by atoms with Crippen LogP contribution in [0.4, 0.5) is 0 Å². The first kappa shape index (κ1) is 14.2. The predicted octanol–water partition coefficient (Wildman–Crippen LogP) is 3.59. The van der Waals surface area contributed by atoms with E-state index in [1.165, 1.54) is 6.07 Å². The van der Waals surface area contributed by atoms with Crippen molar-refractivity contribution in [1.29, 1.82) is 0 Å². The SMILES string of the molecule is CC1C(=O)Oc2cc(C(=O)c3ccc(Cl)cc3Cl)n(C)c21. The summed E-state index contributed by atoms with van der Waals surface area (Å²) in [5, 5.41) is 0.757. The highest BCUT2D eigenvalue weighted by Gasteiger charge is 2.35. The third kappa shape index (κ3) is 2.15. The van der Waals surface area contributed by atoms with Crippen LogP contribution in [0, 0.1) is 0 Å². The molecule has 6 heteroatoms. The number of carbonyl (C=O) groups excluding carboxylic acids is 2. The summed E-state index contributed by atoms with van der Waals surface area (Å²) in [6.45, 7) is 1.75. The Labute approximate surface area is 131 Å². The van der Waals surface area contributed by atoms with Crippen LogP contribution in [-0.2, 0) is 11.8 Å². The van der Waals surface area contributed by atoms with Crippen LogP contribution in [0.3, 0.4) is 0 Å². The van der Waals surface area contributed by atoms with Crippen LogP contribution in [0.2, 0.25) is 10.0 Å². The zero-order chi connectivity index (χ0) is 15.3. The number of halogens is 2. The smallest absolute Gasteiger partial charge is 0.320 e. The minimum Gasteiger partial charge on any atom is -0.424 e. The van der Waals surface area contributed by atoms with Crippen molar-refractivity contribution in [3.8, 4) is 5.75 Å². The van der Waals surface area contributed by atoms with Crippen molar-refractivity contribution >= 4 is 35.0 Å². The third-order valence-electron chi connectivity index (χ3n) is 3.63. The zero-order valence-corrected chi connectivity index (χ0v) is 12.8. The van der Waals surface area contributed by atoms with Gasteiger partial charge in [-0.25, -0.2) is 0 Å². The molecular formula is C15H11Cl2NO3. The fourth-order valence-electron chi connectivity index (χ4n) is 2.51. The van der Waals surface area contributed by atoms with Crippen molar-refractivity contribution in [2.75, 3.05) is 0 Å². The van der Waals surface area contributed by atoms with E-state index in [1.54, 1.807) is 36.7 Å². The first-order valence-corrected chi connectivity index (χ1v) is 7.06. The normalized spacial score (nSPS) is 16.8. The number of benzene rings is 1. The molecule has 0 spiro atoms. The van der Waals surface area contributed by atoms with Crippen LogP contribution in [0.5, 0.6) is 5.75 Å². The lowest BCUT2D eigenvalue weighted by Crippen LogP contribution is -2.14. The van der Waals surface area contributed by atoms with Gasteiger partial charge in [-0.15, -0.1) is 0 Å². The molecule has 0 saturated heterocycles. The Hall–Kier alpha value is -1.78. The summed E-state index contributed by atoms with van der Waals surface area (Å²) in [6.07, 6.45) is 0. The average Bonchev–Trinajstić information content (AvgIpc) is 2.87. The summed E-state index contributed by atoms with van der Waals surface area (Å²) >= 11 is 11.9. The van der Waals surface area contributed by atoms with Crippen molar-refractivity contribution in [2.24, 2.45) is 7.05 Å². The predicted molar refractivity (Wildman–Crippen MR) is 79.4 cm³/mol. The Morgan fingerprint density at radius 3 is 2.62 bits per heavy atom. The first-order chi connectivity index (χ1) is 9.90. The highest BCUT2D eigenvalue weighted by atomic mass is 35.5. The molecule has 1 unspecified atom stereocenters.